The van der Waals surface area contributed by atoms with Crippen LogP contribution in [0.2, 0.25) is 0 Å². The Balaban J connectivity index is 2.97. The van der Waals surface area contributed by atoms with E-state index in [0.29, 0.717) is 13.3 Å². The second-order valence-corrected chi connectivity index (χ2v) is 1.49. The lowest BCUT2D eigenvalue weighted by atomic mass is 10.5. The van der Waals surface area contributed by atoms with Crippen molar-refractivity contribution in [1.82, 2.24) is 5.32 Å². The molecule has 9 heavy (non-hydrogen) atoms. The van der Waals surface area contributed by atoms with Crippen molar-refractivity contribution in [2.75, 3.05) is 13.3 Å². The lowest BCUT2D eigenvalue weighted by Gasteiger charge is -2.00. The van der Waals surface area contributed by atoms with Gasteiger partial charge in [0.1, 0.15) is 6.73 Å². The summed E-state index contributed by atoms with van der Waals surface area (Å²) in [5.74, 6) is -0.0801. The van der Waals surface area contributed by atoms with E-state index in [4.69, 9.17) is 4.74 Å². The van der Waals surface area contributed by atoms with Gasteiger partial charge in [-0.1, -0.05) is 0 Å². The first-order chi connectivity index (χ1) is 4.31. The van der Waals surface area contributed by atoms with Gasteiger partial charge >= 0.3 is 0 Å². The molecule has 53 valence electrons. The van der Waals surface area contributed by atoms with Crippen molar-refractivity contribution >= 4 is 5.91 Å². The van der Waals surface area contributed by atoms with Crippen LogP contribution in [0.15, 0.2) is 0 Å². The summed E-state index contributed by atoms with van der Waals surface area (Å²) in [7, 11) is 0. The molecule has 0 fully saturated rings. The summed E-state index contributed by atoms with van der Waals surface area (Å²) in [6.45, 7) is 6.19. The largest absolute Gasteiger partial charge is 0.362 e. The van der Waals surface area contributed by atoms with E-state index in [9.17, 15) is 4.79 Å². The molecule has 0 aliphatic heterocycles. The quantitative estimate of drug-likeness (QED) is 0.439. The number of amides is 1. The minimum atomic E-state index is -0.0801. The average molecular weight is 130 g/mol. The highest BCUT2D eigenvalue weighted by Gasteiger charge is 1.91. The molecule has 0 unspecified atom stereocenters. The van der Waals surface area contributed by atoms with Gasteiger partial charge in [-0.3, -0.25) is 4.79 Å². The fourth-order valence-corrected chi connectivity index (χ4v) is 0.322. The summed E-state index contributed by atoms with van der Waals surface area (Å²) >= 11 is 0. The summed E-state index contributed by atoms with van der Waals surface area (Å²) in [4.78, 5) is 10.4. The van der Waals surface area contributed by atoms with E-state index in [1.807, 2.05) is 6.92 Å². The number of rotatable bonds is 4. The molecule has 3 heteroatoms. The molecule has 3 nitrogen and oxygen atoms in total. The van der Waals surface area contributed by atoms with Crippen molar-refractivity contribution in [3.05, 3.63) is 6.92 Å². The van der Waals surface area contributed by atoms with E-state index in [2.05, 4.69) is 12.2 Å². The zero-order chi connectivity index (χ0) is 7.11. The van der Waals surface area contributed by atoms with E-state index < -0.39 is 0 Å². The molecule has 1 N–H and O–H groups in total. The number of carbonyl (C=O) groups excluding carboxylic acids is 1. The molecule has 1 radical (unpaired) electrons. The molecule has 0 atom stereocenters. The SMILES string of the molecule is [CH2]CC(=O)NCOCC. The molecule has 0 saturated carbocycles. The van der Waals surface area contributed by atoms with Crippen LogP contribution in [0.5, 0.6) is 0 Å². The van der Waals surface area contributed by atoms with Crippen molar-refractivity contribution in [3.8, 4) is 0 Å². The van der Waals surface area contributed by atoms with E-state index in [0.717, 1.165) is 0 Å². The Hall–Kier alpha value is -0.570. The summed E-state index contributed by atoms with van der Waals surface area (Å²) in [6, 6.07) is 0. The van der Waals surface area contributed by atoms with Gasteiger partial charge in [0.2, 0.25) is 5.91 Å². The third-order valence-corrected chi connectivity index (χ3v) is 0.803. The van der Waals surface area contributed by atoms with E-state index in [1.54, 1.807) is 0 Å². The molecule has 0 saturated heterocycles. The first-order valence-electron chi connectivity index (χ1n) is 2.95. The van der Waals surface area contributed by atoms with Crippen LogP contribution >= 0.6 is 0 Å². The smallest absolute Gasteiger partial charge is 0.221 e. The van der Waals surface area contributed by atoms with Gasteiger partial charge < -0.3 is 10.1 Å². The Bertz CT molecular complexity index is 83.1. The maximum atomic E-state index is 10.4. The molecule has 0 aromatic carbocycles. The summed E-state index contributed by atoms with van der Waals surface area (Å²) in [5.41, 5.74) is 0. The first-order valence-corrected chi connectivity index (χ1v) is 2.95. The lowest BCUT2D eigenvalue weighted by Crippen LogP contribution is -2.24. The molecular formula is C6H12NO2. The third kappa shape index (κ3) is 5.30. The van der Waals surface area contributed by atoms with Crippen LogP contribution in [0.1, 0.15) is 13.3 Å². The molecule has 0 rings (SSSR count). The normalized spacial score (nSPS) is 9.11. The van der Waals surface area contributed by atoms with Crippen LogP contribution in [0, 0.1) is 6.92 Å². The van der Waals surface area contributed by atoms with Gasteiger partial charge in [0.15, 0.2) is 0 Å². The van der Waals surface area contributed by atoms with Crippen LogP contribution in [0.3, 0.4) is 0 Å². The van der Waals surface area contributed by atoms with Crippen molar-refractivity contribution in [3.63, 3.8) is 0 Å². The van der Waals surface area contributed by atoms with Gasteiger partial charge in [-0.25, -0.2) is 0 Å². The van der Waals surface area contributed by atoms with E-state index >= 15 is 0 Å². The number of nitrogens with one attached hydrogen (secondary N) is 1. The molecule has 0 aliphatic carbocycles. The van der Waals surface area contributed by atoms with Crippen LogP contribution in [0.25, 0.3) is 0 Å². The maximum absolute atomic E-state index is 10.4. The average Bonchev–Trinajstić information content (AvgIpc) is 1.89. The molecule has 0 aliphatic rings. The van der Waals surface area contributed by atoms with Crippen LogP contribution in [-0.4, -0.2) is 19.2 Å². The number of hydrogen-bond acceptors (Lipinski definition) is 2. The summed E-state index contributed by atoms with van der Waals surface area (Å²) < 4.78 is 4.85. The fraction of sp³-hybridized carbons (Fsp3) is 0.667. The van der Waals surface area contributed by atoms with Gasteiger partial charge in [-0.2, -0.15) is 0 Å². The zero-order valence-electron chi connectivity index (χ0n) is 5.64. The van der Waals surface area contributed by atoms with Crippen molar-refractivity contribution < 1.29 is 9.53 Å². The molecule has 0 bridgehead atoms. The Kier molecular flexibility index (Phi) is 5.21. The van der Waals surface area contributed by atoms with Crippen molar-refractivity contribution in [2.24, 2.45) is 0 Å². The zero-order valence-corrected chi connectivity index (χ0v) is 5.64. The number of carbonyl (C=O) groups is 1. The Labute approximate surface area is 55.4 Å². The second-order valence-electron chi connectivity index (χ2n) is 1.49. The van der Waals surface area contributed by atoms with Gasteiger partial charge in [0, 0.05) is 13.0 Å². The molecule has 0 heterocycles. The summed E-state index contributed by atoms with van der Waals surface area (Å²) in [5, 5.41) is 2.51. The molecule has 0 aromatic heterocycles. The highest BCUT2D eigenvalue weighted by molar-refractivity contribution is 5.76. The lowest BCUT2D eigenvalue weighted by molar-refractivity contribution is -0.121. The van der Waals surface area contributed by atoms with Gasteiger partial charge in [-0.15, -0.1) is 0 Å². The van der Waals surface area contributed by atoms with Crippen molar-refractivity contribution in [1.29, 1.82) is 0 Å². The van der Waals surface area contributed by atoms with E-state index in [-0.39, 0.29) is 12.3 Å². The van der Waals surface area contributed by atoms with Gasteiger partial charge in [0.05, 0.1) is 0 Å². The first kappa shape index (κ1) is 8.43. The molecule has 1 amide bonds. The summed E-state index contributed by atoms with van der Waals surface area (Å²) in [6.07, 6.45) is 0.271. The Morgan fingerprint density at radius 2 is 2.44 bits per heavy atom. The second kappa shape index (κ2) is 5.56. The van der Waals surface area contributed by atoms with Crippen molar-refractivity contribution in [2.45, 2.75) is 13.3 Å². The minimum absolute atomic E-state index is 0.0801. The van der Waals surface area contributed by atoms with Crippen LogP contribution in [0.4, 0.5) is 0 Å². The topological polar surface area (TPSA) is 38.3 Å². The van der Waals surface area contributed by atoms with E-state index in [1.165, 1.54) is 0 Å². The molecule has 0 spiro atoms. The predicted octanol–water partition coefficient (Wildman–Crippen LogP) is 0.321. The molecule has 0 aromatic rings. The fourth-order valence-electron chi connectivity index (χ4n) is 0.322. The molecular weight excluding hydrogens is 118 g/mol. The van der Waals surface area contributed by atoms with Crippen LogP contribution < -0.4 is 5.32 Å². The maximum Gasteiger partial charge on any atom is 0.221 e. The van der Waals surface area contributed by atoms with Gasteiger partial charge in [-0.05, 0) is 13.8 Å². The highest BCUT2D eigenvalue weighted by Crippen LogP contribution is 1.73. The Morgan fingerprint density at radius 1 is 1.78 bits per heavy atom. The predicted molar refractivity (Wildman–Crippen MR) is 34.6 cm³/mol. The number of hydrogen-bond donors (Lipinski definition) is 1. The Morgan fingerprint density at radius 3 is 2.89 bits per heavy atom. The monoisotopic (exact) mass is 130 g/mol. The highest BCUT2D eigenvalue weighted by atomic mass is 16.5. The minimum Gasteiger partial charge on any atom is -0.362 e. The van der Waals surface area contributed by atoms with Gasteiger partial charge in [0.25, 0.3) is 0 Å². The van der Waals surface area contributed by atoms with Crippen LogP contribution in [-0.2, 0) is 9.53 Å². The third-order valence-electron chi connectivity index (χ3n) is 0.803. The number of ether oxygens (including phenoxy) is 1. The standard InChI is InChI=1S/C6H12NO2/c1-3-6(8)7-5-9-4-2/h1,3-5H2,2H3,(H,7,8).